The van der Waals surface area contributed by atoms with E-state index in [0.717, 1.165) is 17.8 Å². The van der Waals surface area contributed by atoms with Crippen LogP contribution in [0.2, 0.25) is 0 Å². The molecular formula is C48H41N9O14S4. The van der Waals surface area contributed by atoms with E-state index in [1.165, 1.54) is 18.2 Å². The first kappa shape index (κ1) is 53.4. The second kappa shape index (κ2) is 20.8. The second-order valence-corrected chi connectivity index (χ2v) is 22.3. The molecule has 0 heterocycles. The zero-order valence-corrected chi connectivity index (χ0v) is 42.7. The average Bonchev–Trinajstić information content (AvgIpc) is 3.33. The molecule has 2 unspecified atom stereocenters. The first-order chi connectivity index (χ1) is 35.2. The van der Waals surface area contributed by atoms with Crippen molar-refractivity contribution in [3.63, 3.8) is 0 Å². The van der Waals surface area contributed by atoms with E-state index in [9.17, 15) is 57.0 Å². The summed E-state index contributed by atoms with van der Waals surface area (Å²) in [6.45, 7) is 5.18. The van der Waals surface area contributed by atoms with E-state index in [1.807, 2.05) is 0 Å². The van der Waals surface area contributed by atoms with E-state index in [1.54, 1.807) is 113 Å². The van der Waals surface area contributed by atoms with Crippen molar-refractivity contribution in [2.24, 2.45) is 46.8 Å². The van der Waals surface area contributed by atoms with Gasteiger partial charge in [-0.3, -0.25) is 18.2 Å². The van der Waals surface area contributed by atoms with E-state index >= 15 is 0 Å². The van der Waals surface area contributed by atoms with Gasteiger partial charge in [0, 0.05) is 22.7 Å². The number of methoxy groups -OCH3 is 1. The number of benzene rings is 6. The second-order valence-electron chi connectivity index (χ2n) is 16.8. The monoisotopic (exact) mass is 1100 g/mol. The number of hydrogen-bond donors (Lipinski definition) is 6. The molecular weight excluding hydrogens is 1050 g/mol. The number of azo groups is 4. The van der Waals surface area contributed by atoms with Gasteiger partial charge >= 0.3 is 0 Å². The van der Waals surface area contributed by atoms with Gasteiger partial charge in [0.05, 0.1) is 46.1 Å². The zero-order valence-electron chi connectivity index (χ0n) is 39.4. The summed E-state index contributed by atoms with van der Waals surface area (Å²) in [4.78, 5) is -3.44. The molecule has 75 heavy (non-hydrogen) atoms. The lowest BCUT2D eigenvalue weighted by Crippen LogP contribution is -2.29. The van der Waals surface area contributed by atoms with Crippen molar-refractivity contribution in [3.05, 3.63) is 166 Å². The Hall–Kier alpha value is -7.86. The van der Waals surface area contributed by atoms with E-state index in [-0.39, 0.29) is 11.4 Å². The minimum Gasteiger partial charge on any atom is -0.497 e. The van der Waals surface area contributed by atoms with E-state index in [4.69, 9.17) is 4.74 Å². The Balaban J connectivity index is 0.948. The Morgan fingerprint density at radius 2 is 1.03 bits per heavy atom. The summed E-state index contributed by atoms with van der Waals surface area (Å²) in [7, 11) is -18.5. The topological polar surface area (TPSA) is 358 Å². The number of nitrogens with one attached hydrogen (secondary N) is 1. The Bertz CT molecular complexity index is 4080. The van der Waals surface area contributed by atoms with Crippen LogP contribution in [0.15, 0.2) is 205 Å². The predicted molar refractivity (Wildman–Crippen MR) is 274 cm³/mol. The Labute approximate surface area is 428 Å². The average molecular weight is 1100 g/mol. The van der Waals surface area contributed by atoms with Crippen molar-refractivity contribution in [1.82, 2.24) is 0 Å². The van der Waals surface area contributed by atoms with Crippen molar-refractivity contribution >= 4 is 96.7 Å². The number of hydrogen-bond acceptors (Lipinski definition) is 19. The zero-order chi connectivity index (χ0) is 54.2. The summed E-state index contributed by atoms with van der Waals surface area (Å²) < 4.78 is 142. The van der Waals surface area contributed by atoms with Gasteiger partial charge in [0.25, 0.3) is 40.5 Å². The third kappa shape index (κ3) is 12.4. The maximum Gasteiger partial charge on any atom is 0.296 e. The standard InChI is InChI=1S/C48H41N9O14S4/c1-26-17-33(50-54-41-15-10-35(19-27(41)2)52-57-47-46(75(68,69)70)23-29-20-32(7-13-38(29)48(47)58)49-31-5-11-36(71-4)12-6-31)8-14-40(26)53-51-34-9-16-42(28(3)18-34)55-56-43-25-39-30(22-45(43)74(65,66)67)21-37(72(59,60)61)24-44(39)73(62,63)64/h5-25,38,48-49,58H,1-4H3,(H,59,60,61)(H,62,63,64)(H,65,66,67)(H,68,69,70). The van der Waals surface area contributed by atoms with E-state index in [0.29, 0.717) is 74.3 Å². The molecule has 2 atom stereocenters. The van der Waals surface area contributed by atoms with Gasteiger partial charge in [-0.1, -0.05) is 6.08 Å². The fourth-order valence-electron chi connectivity index (χ4n) is 7.69. The third-order valence-electron chi connectivity index (χ3n) is 11.5. The molecule has 8 rings (SSSR count). The number of ether oxygens (including phenoxy) is 1. The van der Waals surface area contributed by atoms with Crippen LogP contribution in [-0.2, 0) is 40.5 Å². The molecule has 6 aromatic rings. The van der Waals surface area contributed by atoms with E-state index < -0.39 is 88.5 Å². The maximum atomic E-state index is 12.5. The Morgan fingerprint density at radius 1 is 0.520 bits per heavy atom. The highest BCUT2D eigenvalue weighted by Crippen LogP contribution is 2.40. The van der Waals surface area contributed by atoms with Crippen LogP contribution in [0.4, 0.5) is 45.5 Å². The molecule has 2 aliphatic carbocycles. The molecule has 0 saturated heterocycles. The third-order valence-corrected chi connectivity index (χ3v) is 15.0. The van der Waals surface area contributed by atoms with Crippen LogP contribution in [0.3, 0.4) is 0 Å². The molecule has 0 radical (unpaired) electrons. The normalized spacial score (nSPS) is 16.6. The highest BCUT2D eigenvalue weighted by atomic mass is 32.2. The lowest BCUT2D eigenvalue weighted by molar-refractivity contribution is 0.176. The first-order valence-electron chi connectivity index (χ1n) is 21.7. The van der Waals surface area contributed by atoms with Gasteiger partial charge in [-0.25, -0.2) is 0 Å². The fraction of sp³-hybridized carbons (Fsp3) is 0.125. The maximum absolute atomic E-state index is 12.5. The van der Waals surface area contributed by atoms with Gasteiger partial charge in [-0.2, -0.15) is 69.5 Å². The molecule has 23 nitrogen and oxygen atoms in total. The lowest BCUT2D eigenvalue weighted by Gasteiger charge is -2.29. The van der Waals surface area contributed by atoms with Crippen LogP contribution in [0.25, 0.3) is 10.8 Å². The van der Waals surface area contributed by atoms with Crippen LogP contribution in [0, 0.1) is 26.7 Å². The summed E-state index contributed by atoms with van der Waals surface area (Å²) in [5, 5.41) is 47.3. The summed E-state index contributed by atoms with van der Waals surface area (Å²) >= 11 is 0. The number of nitrogens with zero attached hydrogens (tertiary/aromatic N) is 8. The van der Waals surface area contributed by atoms with Gasteiger partial charge in [0.15, 0.2) is 0 Å². The smallest absolute Gasteiger partial charge is 0.296 e. The SMILES string of the molecule is COc1ccc(NC2=CC3=CC(S(=O)(=O)O)=C(N=Nc4ccc(N=Nc5ccc(N=Nc6ccc(N=Nc7cc8c(S(=O)(=O)O)cc(S(=O)(=O)O)cc8cc7S(=O)(=O)O)c(C)c6)c(C)c5)c(C)c4)C(O)C3C=C2)cc1. The van der Waals surface area contributed by atoms with Gasteiger partial charge in [0.2, 0.25) is 0 Å². The van der Waals surface area contributed by atoms with Gasteiger partial charge in [0.1, 0.15) is 37.9 Å². The van der Waals surface area contributed by atoms with Crippen LogP contribution in [0.1, 0.15) is 16.7 Å². The number of anilines is 1. The van der Waals surface area contributed by atoms with Crippen molar-refractivity contribution in [3.8, 4) is 5.75 Å². The van der Waals surface area contributed by atoms with Crippen LogP contribution in [-0.4, -0.2) is 70.2 Å². The molecule has 0 aromatic heterocycles. The van der Waals surface area contributed by atoms with Crippen molar-refractivity contribution in [2.45, 2.75) is 41.6 Å². The number of aryl methyl sites for hydroxylation is 3. The van der Waals surface area contributed by atoms with Gasteiger partial charge in [-0.15, -0.1) is 5.11 Å². The van der Waals surface area contributed by atoms with Crippen LogP contribution >= 0.6 is 0 Å². The number of aliphatic hydroxyl groups is 1. The number of rotatable bonds is 15. The molecule has 27 heteroatoms. The summed E-state index contributed by atoms with van der Waals surface area (Å²) in [5.74, 6) is -0.00238. The lowest BCUT2D eigenvalue weighted by atomic mass is 9.83. The molecule has 0 spiro atoms. The van der Waals surface area contributed by atoms with E-state index in [2.05, 4.69) is 46.2 Å². The van der Waals surface area contributed by atoms with Crippen LogP contribution < -0.4 is 10.1 Å². The summed E-state index contributed by atoms with van der Waals surface area (Å²) in [6, 6.07) is 24.5. The van der Waals surface area contributed by atoms with Gasteiger partial charge < -0.3 is 15.2 Å². The summed E-state index contributed by atoms with van der Waals surface area (Å²) in [6.07, 6.45) is 4.91. The molecule has 0 aliphatic heterocycles. The number of aliphatic hydroxyl groups excluding tert-OH is 1. The first-order valence-corrected chi connectivity index (χ1v) is 27.5. The predicted octanol–water partition coefficient (Wildman–Crippen LogP) is 11.4. The Morgan fingerprint density at radius 3 is 1.51 bits per heavy atom. The van der Waals surface area contributed by atoms with Gasteiger partial charge in [-0.05, 0) is 170 Å². The molecule has 0 saturated carbocycles. The minimum absolute atomic E-state index is 0.194. The molecule has 0 amide bonds. The molecule has 6 N–H and O–H groups in total. The number of fused-ring (bicyclic) bond motifs is 2. The minimum atomic E-state index is -5.14. The molecule has 2 aliphatic rings. The highest BCUT2D eigenvalue weighted by Gasteiger charge is 2.36. The molecule has 386 valence electrons. The highest BCUT2D eigenvalue weighted by molar-refractivity contribution is 7.90. The van der Waals surface area contributed by atoms with Crippen LogP contribution in [0.5, 0.6) is 5.75 Å². The fourth-order valence-corrected chi connectivity index (χ4v) is 10.4. The Kier molecular flexibility index (Phi) is 14.8. The molecule has 6 aromatic carbocycles. The van der Waals surface area contributed by atoms with Crippen molar-refractivity contribution in [1.29, 1.82) is 0 Å². The number of allylic oxidation sites excluding steroid dienone is 3. The molecule has 0 bridgehead atoms. The molecule has 0 fully saturated rings. The van der Waals surface area contributed by atoms with Crippen molar-refractivity contribution in [2.75, 3.05) is 12.4 Å². The summed E-state index contributed by atoms with van der Waals surface area (Å²) in [5.41, 5.74) is 5.03. The largest absolute Gasteiger partial charge is 0.497 e. The van der Waals surface area contributed by atoms with Crippen molar-refractivity contribution < 1.29 is 61.7 Å². The quantitative estimate of drug-likeness (QED) is 0.0411.